The minimum absolute atomic E-state index is 0. The molecule has 1 aromatic rings. The quantitative estimate of drug-likeness (QED) is 0.369. The van der Waals surface area contributed by atoms with Gasteiger partial charge in [0.15, 0.2) is 5.96 Å². The normalized spacial score (nSPS) is 16.6. The number of hydrogen-bond acceptors (Lipinski definition) is 2. The highest BCUT2D eigenvalue weighted by atomic mass is 127. The Bertz CT molecular complexity index is 536. The average Bonchev–Trinajstić information content (AvgIpc) is 3.05. The molecule has 0 atom stereocenters. The SMILES string of the molecule is CCC1(CNC(=NC)NCc2ccccc2CN(C)C)CCCC1.I. The molecule has 0 spiro atoms. The number of nitrogens with one attached hydrogen (secondary N) is 2. The third-order valence-corrected chi connectivity index (χ3v) is 5.32. The van der Waals surface area contributed by atoms with Gasteiger partial charge in [-0.05, 0) is 49.9 Å². The van der Waals surface area contributed by atoms with Crippen LogP contribution in [0.2, 0.25) is 0 Å². The van der Waals surface area contributed by atoms with Gasteiger partial charge in [0.1, 0.15) is 0 Å². The fourth-order valence-electron chi connectivity index (χ4n) is 3.68. The molecule has 5 heteroatoms. The summed E-state index contributed by atoms with van der Waals surface area (Å²) in [6, 6.07) is 8.62. The van der Waals surface area contributed by atoms with Crippen molar-refractivity contribution in [3.05, 3.63) is 35.4 Å². The number of hydrogen-bond donors (Lipinski definition) is 2. The first-order valence-corrected chi connectivity index (χ1v) is 9.24. The van der Waals surface area contributed by atoms with Crippen LogP contribution < -0.4 is 10.6 Å². The average molecular weight is 458 g/mol. The molecule has 142 valence electrons. The molecule has 25 heavy (non-hydrogen) atoms. The maximum Gasteiger partial charge on any atom is 0.191 e. The zero-order valence-electron chi connectivity index (χ0n) is 16.3. The first kappa shape index (κ1) is 22.2. The van der Waals surface area contributed by atoms with E-state index < -0.39 is 0 Å². The Balaban J connectivity index is 0.00000312. The molecule has 0 radical (unpaired) electrons. The van der Waals surface area contributed by atoms with E-state index >= 15 is 0 Å². The summed E-state index contributed by atoms with van der Waals surface area (Å²) >= 11 is 0. The van der Waals surface area contributed by atoms with E-state index in [0.717, 1.165) is 25.6 Å². The van der Waals surface area contributed by atoms with Crippen molar-refractivity contribution >= 4 is 29.9 Å². The van der Waals surface area contributed by atoms with Gasteiger partial charge in [0.25, 0.3) is 0 Å². The molecule has 1 aromatic carbocycles. The van der Waals surface area contributed by atoms with E-state index in [2.05, 4.69) is 65.8 Å². The van der Waals surface area contributed by atoms with Crippen LogP contribution in [0.3, 0.4) is 0 Å². The molecule has 1 aliphatic rings. The molecule has 1 fully saturated rings. The van der Waals surface area contributed by atoms with E-state index in [1.807, 2.05) is 7.05 Å². The van der Waals surface area contributed by atoms with Crippen LogP contribution in [-0.2, 0) is 13.1 Å². The molecule has 0 unspecified atom stereocenters. The predicted octanol–water partition coefficient (Wildman–Crippen LogP) is 4.00. The van der Waals surface area contributed by atoms with Crippen LogP contribution in [0.5, 0.6) is 0 Å². The number of rotatable bonds is 7. The first-order chi connectivity index (χ1) is 11.6. The van der Waals surface area contributed by atoms with Crippen molar-refractivity contribution in [1.82, 2.24) is 15.5 Å². The summed E-state index contributed by atoms with van der Waals surface area (Å²) in [5, 5.41) is 7.05. The zero-order chi connectivity index (χ0) is 17.4. The van der Waals surface area contributed by atoms with Gasteiger partial charge in [-0.3, -0.25) is 4.99 Å². The van der Waals surface area contributed by atoms with Crippen molar-refractivity contribution in [2.24, 2.45) is 10.4 Å². The molecule has 0 aliphatic heterocycles. The lowest BCUT2D eigenvalue weighted by Crippen LogP contribution is -2.42. The number of halogens is 1. The minimum Gasteiger partial charge on any atom is -0.356 e. The Labute approximate surface area is 170 Å². The Hall–Kier alpha value is -0.820. The number of nitrogens with zero attached hydrogens (tertiary/aromatic N) is 2. The third kappa shape index (κ3) is 6.77. The van der Waals surface area contributed by atoms with Crippen molar-refractivity contribution in [3.63, 3.8) is 0 Å². The second-order valence-electron chi connectivity index (χ2n) is 7.35. The van der Waals surface area contributed by atoms with Crippen molar-refractivity contribution < 1.29 is 0 Å². The van der Waals surface area contributed by atoms with E-state index in [1.165, 1.54) is 43.2 Å². The van der Waals surface area contributed by atoms with E-state index in [4.69, 9.17) is 0 Å². The van der Waals surface area contributed by atoms with Gasteiger partial charge >= 0.3 is 0 Å². The van der Waals surface area contributed by atoms with Crippen molar-refractivity contribution in [2.75, 3.05) is 27.7 Å². The number of guanidine groups is 1. The Morgan fingerprint density at radius 2 is 1.76 bits per heavy atom. The standard InChI is InChI=1S/C20H34N4.HI/c1-5-20(12-8-9-13-20)16-23-19(21-2)22-14-17-10-6-7-11-18(17)15-24(3)4;/h6-7,10-11H,5,8-9,12-16H2,1-4H3,(H2,21,22,23);1H. The summed E-state index contributed by atoms with van der Waals surface area (Å²) in [4.78, 5) is 6.61. The first-order valence-electron chi connectivity index (χ1n) is 9.24. The van der Waals surface area contributed by atoms with Crippen LogP contribution in [-0.4, -0.2) is 38.5 Å². The summed E-state index contributed by atoms with van der Waals surface area (Å²) < 4.78 is 0. The van der Waals surface area contributed by atoms with Gasteiger partial charge in [0, 0.05) is 26.7 Å². The van der Waals surface area contributed by atoms with E-state index in [0.29, 0.717) is 5.41 Å². The van der Waals surface area contributed by atoms with Gasteiger partial charge in [0.05, 0.1) is 0 Å². The molecule has 0 amide bonds. The van der Waals surface area contributed by atoms with Crippen LogP contribution in [0.4, 0.5) is 0 Å². The molecular weight excluding hydrogens is 423 g/mol. The highest BCUT2D eigenvalue weighted by Crippen LogP contribution is 2.40. The van der Waals surface area contributed by atoms with Crippen LogP contribution in [0.25, 0.3) is 0 Å². The lowest BCUT2D eigenvalue weighted by molar-refractivity contribution is 0.283. The summed E-state index contributed by atoms with van der Waals surface area (Å²) in [7, 11) is 6.07. The Morgan fingerprint density at radius 3 is 2.32 bits per heavy atom. The van der Waals surface area contributed by atoms with Gasteiger partial charge in [-0.2, -0.15) is 0 Å². The molecule has 1 saturated carbocycles. The van der Waals surface area contributed by atoms with Crippen molar-refractivity contribution in [3.8, 4) is 0 Å². The lowest BCUT2D eigenvalue weighted by atomic mass is 9.83. The van der Waals surface area contributed by atoms with Crippen molar-refractivity contribution in [1.29, 1.82) is 0 Å². The van der Waals surface area contributed by atoms with E-state index in [-0.39, 0.29) is 24.0 Å². The largest absolute Gasteiger partial charge is 0.356 e. The van der Waals surface area contributed by atoms with Gasteiger partial charge in [-0.25, -0.2) is 0 Å². The fraction of sp³-hybridized carbons (Fsp3) is 0.650. The summed E-state index contributed by atoms with van der Waals surface area (Å²) in [6.07, 6.45) is 6.69. The maximum absolute atomic E-state index is 4.40. The molecule has 0 saturated heterocycles. The Morgan fingerprint density at radius 1 is 1.12 bits per heavy atom. The topological polar surface area (TPSA) is 39.7 Å². The molecule has 0 heterocycles. The second kappa shape index (κ2) is 11.0. The van der Waals surface area contributed by atoms with Crippen LogP contribution >= 0.6 is 24.0 Å². The summed E-state index contributed by atoms with van der Waals surface area (Å²) in [5.74, 6) is 0.911. The third-order valence-electron chi connectivity index (χ3n) is 5.32. The van der Waals surface area contributed by atoms with Crippen molar-refractivity contribution in [2.45, 2.75) is 52.1 Å². The lowest BCUT2D eigenvalue weighted by Gasteiger charge is -2.28. The highest BCUT2D eigenvalue weighted by molar-refractivity contribution is 14.0. The second-order valence-corrected chi connectivity index (χ2v) is 7.35. The van der Waals surface area contributed by atoms with E-state index in [9.17, 15) is 0 Å². The molecular formula is C20H35IN4. The summed E-state index contributed by atoms with van der Waals surface area (Å²) in [5.41, 5.74) is 3.17. The van der Waals surface area contributed by atoms with Gasteiger partial charge in [-0.1, -0.05) is 44.0 Å². The predicted molar refractivity (Wildman–Crippen MR) is 119 cm³/mol. The molecule has 0 aromatic heterocycles. The van der Waals surface area contributed by atoms with E-state index in [1.54, 1.807) is 0 Å². The molecule has 2 rings (SSSR count). The molecule has 4 nitrogen and oxygen atoms in total. The smallest absolute Gasteiger partial charge is 0.191 e. The number of benzene rings is 1. The number of aliphatic imine (C=N–C) groups is 1. The summed E-state index contributed by atoms with van der Waals surface area (Å²) in [6.45, 7) is 5.12. The minimum atomic E-state index is 0. The Kier molecular flexibility index (Phi) is 9.79. The molecule has 1 aliphatic carbocycles. The van der Waals surface area contributed by atoms with Crippen LogP contribution in [0.15, 0.2) is 29.3 Å². The zero-order valence-corrected chi connectivity index (χ0v) is 18.6. The maximum atomic E-state index is 4.40. The van der Waals surface area contributed by atoms with Crippen LogP contribution in [0, 0.1) is 5.41 Å². The van der Waals surface area contributed by atoms with Gasteiger partial charge < -0.3 is 15.5 Å². The molecule has 2 N–H and O–H groups in total. The highest BCUT2D eigenvalue weighted by Gasteiger charge is 2.31. The van der Waals surface area contributed by atoms with Gasteiger partial charge in [-0.15, -0.1) is 24.0 Å². The monoisotopic (exact) mass is 458 g/mol. The van der Waals surface area contributed by atoms with Crippen LogP contribution in [0.1, 0.15) is 50.2 Å². The molecule has 0 bridgehead atoms. The fourth-order valence-corrected chi connectivity index (χ4v) is 3.68. The van der Waals surface area contributed by atoms with Gasteiger partial charge in [0.2, 0.25) is 0 Å².